The van der Waals surface area contributed by atoms with E-state index in [0.717, 1.165) is 32.2 Å². The summed E-state index contributed by atoms with van der Waals surface area (Å²) >= 11 is 0. The van der Waals surface area contributed by atoms with Crippen LogP contribution in [0, 0.1) is 16.7 Å². The molecular formula is C25H35NO4. The second kappa shape index (κ2) is 5.19. The van der Waals surface area contributed by atoms with Gasteiger partial charge in [0.2, 0.25) is 0 Å². The summed E-state index contributed by atoms with van der Waals surface area (Å²) in [6.07, 6.45) is 3.86. The lowest BCUT2D eigenvalue weighted by Gasteiger charge is -2.74. The predicted molar refractivity (Wildman–Crippen MR) is 114 cm³/mol. The van der Waals surface area contributed by atoms with Crippen molar-refractivity contribution < 1.29 is 20.1 Å². The number of hydrogen-bond acceptors (Lipinski definition) is 5. The monoisotopic (exact) mass is 413 g/mol. The Labute approximate surface area is 179 Å². The molecule has 164 valence electrons. The van der Waals surface area contributed by atoms with E-state index in [4.69, 9.17) is 4.74 Å². The van der Waals surface area contributed by atoms with Gasteiger partial charge < -0.3 is 25.0 Å². The minimum atomic E-state index is -1.11. The van der Waals surface area contributed by atoms with Crippen molar-refractivity contribution in [3.8, 4) is 11.5 Å². The second-order valence-electron chi connectivity index (χ2n) is 12.2. The lowest BCUT2D eigenvalue weighted by atomic mass is 9.33. The molecule has 0 radical (unpaired) electrons. The molecule has 7 atom stereocenters. The highest BCUT2D eigenvalue weighted by molar-refractivity contribution is 5.63. The molecule has 2 spiro atoms. The van der Waals surface area contributed by atoms with E-state index in [1.807, 2.05) is 6.92 Å². The van der Waals surface area contributed by atoms with Crippen LogP contribution >= 0.6 is 0 Å². The van der Waals surface area contributed by atoms with Gasteiger partial charge >= 0.3 is 0 Å². The van der Waals surface area contributed by atoms with Gasteiger partial charge in [-0.05, 0) is 69.7 Å². The van der Waals surface area contributed by atoms with Crippen LogP contribution in [0.1, 0.15) is 64.5 Å². The number of benzene rings is 1. The maximum atomic E-state index is 12.3. The van der Waals surface area contributed by atoms with Crippen LogP contribution in [0.15, 0.2) is 12.1 Å². The number of likely N-dealkylation sites (N-methyl/N-ethyl adjacent to an activating group) is 1. The first-order chi connectivity index (χ1) is 13.9. The first-order valence-corrected chi connectivity index (χ1v) is 11.6. The average Bonchev–Trinajstić information content (AvgIpc) is 3.03. The molecule has 4 bridgehead atoms. The number of rotatable bonds is 1. The Hall–Kier alpha value is -1.30. The van der Waals surface area contributed by atoms with Gasteiger partial charge in [0.05, 0.1) is 5.60 Å². The topological polar surface area (TPSA) is 73.2 Å². The number of phenols is 1. The molecule has 2 heterocycles. The molecular weight excluding hydrogens is 378 g/mol. The number of ether oxygens (including phenoxy) is 1. The van der Waals surface area contributed by atoms with Gasteiger partial charge in [-0.25, -0.2) is 0 Å². The summed E-state index contributed by atoms with van der Waals surface area (Å²) in [6, 6.07) is 4.18. The highest BCUT2D eigenvalue weighted by atomic mass is 16.5. The molecule has 0 aromatic heterocycles. The number of hydrogen-bond donors (Lipinski definition) is 3. The minimum absolute atomic E-state index is 0.0545. The Morgan fingerprint density at radius 1 is 1.13 bits per heavy atom. The third kappa shape index (κ3) is 1.77. The summed E-state index contributed by atoms with van der Waals surface area (Å²) in [5.74, 6) is 0.511. The third-order valence-electron chi connectivity index (χ3n) is 10.5. The predicted octanol–water partition coefficient (Wildman–Crippen LogP) is 2.98. The van der Waals surface area contributed by atoms with Crippen LogP contribution in [0.3, 0.4) is 0 Å². The maximum Gasteiger partial charge on any atom is 0.165 e. The Morgan fingerprint density at radius 3 is 2.57 bits per heavy atom. The van der Waals surface area contributed by atoms with Gasteiger partial charge in [-0.15, -0.1) is 0 Å². The normalized spacial score (nSPS) is 45.6. The molecule has 7 rings (SSSR count). The number of phenolic OH excluding ortho intramolecular Hbond substituents is 1. The van der Waals surface area contributed by atoms with Crippen LogP contribution in [0.5, 0.6) is 11.5 Å². The third-order valence-corrected chi connectivity index (χ3v) is 10.5. The highest BCUT2D eigenvalue weighted by Gasteiger charge is 2.81. The fourth-order valence-electron chi connectivity index (χ4n) is 8.54. The summed E-state index contributed by atoms with van der Waals surface area (Å²) in [5.41, 5.74) is -0.414. The van der Waals surface area contributed by atoms with Crippen molar-refractivity contribution in [2.24, 2.45) is 16.7 Å². The number of likely N-dealkylation sites (tertiary alicyclic amines) is 1. The molecule has 3 saturated carbocycles. The van der Waals surface area contributed by atoms with Crippen molar-refractivity contribution in [3.63, 3.8) is 0 Å². The summed E-state index contributed by atoms with van der Waals surface area (Å²) < 4.78 is 6.58. The molecule has 1 aromatic carbocycles. The van der Waals surface area contributed by atoms with Gasteiger partial charge in [-0.3, -0.25) is 0 Å². The smallest absolute Gasteiger partial charge is 0.165 e. The van der Waals surface area contributed by atoms with Crippen molar-refractivity contribution in [2.45, 2.75) is 88.6 Å². The summed E-state index contributed by atoms with van der Waals surface area (Å²) in [4.78, 5) is 2.51. The van der Waals surface area contributed by atoms with E-state index in [1.54, 1.807) is 6.07 Å². The van der Waals surface area contributed by atoms with Gasteiger partial charge in [-0.2, -0.15) is 0 Å². The fraction of sp³-hybridized carbons (Fsp3) is 0.760. The van der Waals surface area contributed by atoms with Gasteiger partial charge in [-0.1, -0.05) is 26.8 Å². The number of nitrogens with zero attached hydrogens (tertiary/aromatic N) is 1. The van der Waals surface area contributed by atoms with Crippen LogP contribution in [-0.4, -0.2) is 57.2 Å². The Kier molecular flexibility index (Phi) is 3.35. The highest BCUT2D eigenvalue weighted by Crippen LogP contribution is 2.77. The zero-order valence-corrected chi connectivity index (χ0v) is 18.8. The molecule has 30 heavy (non-hydrogen) atoms. The Morgan fingerprint density at radius 2 is 1.87 bits per heavy atom. The largest absolute Gasteiger partial charge is 0.504 e. The lowest BCUT2D eigenvalue weighted by Crippen LogP contribution is -2.82. The van der Waals surface area contributed by atoms with Crippen molar-refractivity contribution in [1.82, 2.24) is 4.90 Å². The molecule has 4 aliphatic carbocycles. The van der Waals surface area contributed by atoms with Crippen molar-refractivity contribution in [1.29, 1.82) is 0 Å². The maximum absolute atomic E-state index is 12.3. The Balaban J connectivity index is 1.64. The number of aliphatic hydroxyl groups is 2. The molecule has 1 saturated heterocycles. The van der Waals surface area contributed by atoms with Gasteiger partial charge in [0.25, 0.3) is 0 Å². The first-order valence-electron chi connectivity index (χ1n) is 11.6. The summed E-state index contributed by atoms with van der Waals surface area (Å²) in [7, 11) is 2.23. The van der Waals surface area contributed by atoms with Gasteiger partial charge in [0, 0.05) is 28.4 Å². The average molecular weight is 414 g/mol. The van der Waals surface area contributed by atoms with Crippen molar-refractivity contribution in [3.05, 3.63) is 23.3 Å². The molecule has 6 aliphatic rings. The zero-order chi connectivity index (χ0) is 21.5. The molecule has 4 fully saturated rings. The molecule has 1 aromatic rings. The van der Waals surface area contributed by atoms with E-state index in [2.05, 4.69) is 38.8 Å². The summed E-state index contributed by atoms with van der Waals surface area (Å²) in [5, 5.41) is 34.9. The zero-order valence-electron chi connectivity index (χ0n) is 18.8. The second-order valence-corrected chi connectivity index (χ2v) is 12.2. The first kappa shape index (κ1) is 19.4. The van der Waals surface area contributed by atoms with Crippen molar-refractivity contribution >= 4 is 0 Å². The van der Waals surface area contributed by atoms with E-state index < -0.39 is 17.3 Å². The minimum Gasteiger partial charge on any atom is -0.504 e. The fourth-order valence-corrected chi connectivity index (χ4v) is 8.54. The van der Waals surface area contributed by atoms with Gasteiger partial charge in [0.15, 0.2) is 11.5 Å². The molecule has 5 heteroatoms. The number of piperidine rings is 1. The van der Waals surface area contributed by atoms with E-state index in [9.17, 15) is 15.3 Å². The van der Waals surface area contributed by atoms with E-state index in [-0.39, 0.29) is 27.9 Å². The molecule has 5 nitrogen and oxygen atoms in total. The molecule has 3 N–H and O–H groups in total. The molecule has 0 amide bonds. The molecule has 2 aliphatic heterocycles. The summed E-state index contributed by atoms with van der Waals surface area (Å²) in [6.45, 7) is 9.07. The van der Waals surface area contributed by atoms with E-state index in [0.29, 0.717) is 18.2 Å². The Bertz CT molecular complexity index is 951. The van der Waals surface area contributed by atoms with Crippen LogP contribution in [0.4, 0.5) is 0 Å². The van der Waals surface area contributed by atoms with Crippen LogP contribution < -0.4 is 4.74 Å². The number of fused-ring (bicyclic) bond motifs is 2. The van der Waals surface area contributed by atoms with Crippen LogP contribution in [-0.2, 0) is 11.8 Å². The van der Waals surface area contributed by atoms with Gasteiger partial charge in [0.1, 0.15) is 11.7 Å². The van der Waals surface area contributed by atoms with E-state index >= 15 is 0 Å². The standard InChI is InChI=1S/C25H35NO4/c1-21(2,3)22(4,28)16-13-23-8-9-25(16,29)20-24(23)10-11-26(5)17(23)12-14-6-7-15(27)19(30-20)18(14)24/h6-7,16-17,20,27-29H,8-13H2,1-5H3/t16-,17?,20+,22-,23?,24-,25+/m0/s1. The van der Waals surface area contributed by atoms with Crippen LogP contribution in [0.25, 0.3) is 0 Å². The van der Waals surface area contributed by atoms with Crippen molar-refractivity contribution in [2.75, 3.05) is 13.6 Å². The van der Waals surface area contributed by atoms with E-state index in [1.165, 1.54) is 11.1 Å². The molecule has 2 unspecified atom stereocenters. The lowest BCUT2D eigenvalue weighted by molar-refractivity contribution is -0.304. The quantitative estimate of drug-likeness (QED) is 0.660. The number of aromatic hydroxyl groups is 1. The van der Waals surface area contributed by atoms with Crippen LogP contribution in [0.2, 0.25) is 0 Å². The SMILES string of the molecule is CN1CC[C@]23c4c5ccc(O)c4O[C@H]2[C@@]2(O)CCC3(C[C@H]2[C@](C)(O)C(C)(C)C)C1C5.